The van der Waals surface area contributed by atoms with Gasteiger partial charge in [-0.05, 0) is 31.3 Å². The van der Waals surface area contributed by atoms with Gasteiger partial charge < -0.3 is 4.90 Å². The average Bonchev–Trinajstić information content (AvgIpc) is 3.14. The number of fused-ring (bicyclic) bond motifs is 1. The highest BCUT2D eigenvalue weighted by Crippen LogP contribution is 2.26. The van der Waals surface area contributed by atoms with Crippen LogP contribution in [0, 0.1) is 11.3 Å². The standard InChI is InChI=1S/C14H8N4O.C6H11F2N/c15-6-10-1-2-13(16-7-10)18-4-3-12-5-11(9-19)8-17-14(12)18;1-9-4-2-6(7,8)3-5-9/h1-5,7-9H;2-5H2,1H3. The molecule has 0 unspecified atom stereocenters. The number of likely N-dealkylation sites (tertiary alicyclic amines) is 1. The normalized spacial score (nSPS) is 16.1. The first kappa shape index (κ1) is 19.6. The zero-order valence-electron chi connectivity index (χ0n) is 15.3. The first-order chi connectivity index (χ1) is 13.4. The second kappa shape index (κ2) is 8.23. The minimum absolute atomic E-state index is 0.0312. The average molecular weight is 383 g/mol. The second-order valence-electron chi connectivity index (χ2n) is 6.66. The molecule has 4 rings (SSSR count). The number of carbonyl (C=O) groups excluding carboxylic acids is 1. The number of nitriles is 1. The van der Waals surface area contributed by atoms with Gasteiger partial charge in [-0.25, -0.2) is 18.7 Å². The van der Waals surface area contributed by atoms with Gasteiger partial charge in [-0.2, -0.15) is 5.26 Å². The molecule has 0 atom stereocenters. The van der Waals surface area contributed by atoms with Crippen molar-refractivity contribution in [2.24, 2.45) is 0 Å². The number of piperidine rings is 1. The quantitative estimate of drug-likeness (QED) is 0.634. The lowest BCUT2D eigenvalue weighted by Crippen LogP contribution is -2.36. The molecular formula is C20H19F2N5O. The van der Waals surface area contributed by atoms with Crippen LogP contribution in [0.15, 0.2) is 42.9 Å². The van der Waals surface area contributed by atoms with Gasteiger partial charge in [0.05, 0.1) is 5.56 Å². The van der Waals surface area contributed by atoms with Gasteiger partial charge in [0.1, 0.15) is 17.5 Å². The molecule has 6 nitrogen and oxygen atoms in total. The molecule has 1 saturated heterocycles. The van der Waals surface area contributed by atoms with E-state index in [1.807, 2.05) is 34.8 Å². The molecule has 0 N–H and O–H groups in total. The van der Waals surface area contributed by atoms with Crippen molar-refractivity contribution >= 4 is 17.3 Å². The van der Waals surface area contributed by atoms with E-state index in [1.54, 1.807) is 18.2 Å². The van der Waals surface area contributed by atoms with Crippen molar-refractivity contribution in [2.75, 3.05) is 20.1 Å². The summed E-state index contributed by atoms with van der Waals surface area (Å²) in [5, 5.41) is 9.62. The number of carbonyl (C=O) groups is 1. The molecule has 0 aliphatic carbocycles. The number of pyridine rings is 2. The maximum atomic E-state index is 12.4. The number of alkyl halides is 2. The van der Waals surface area contributed by atoms with Crippen LogP contribution in [-0.2, 0) is 0 Å². The topological polar surface area (TPSA) is 74.8 Å². The first-order valence-corrected chi connectivity index (χ1v) is 8.77. The van der Waals surface area contributed by atoms with Crippen molar-refractivity contribution in [3.8, 4) is 11.9 Å². The van der Waals surface area contributed by atoms with E-state index in [0.717, 1.165) is 17.3 Å². The van der Waals surface area contributed by atoms with Gasteiger partial charge in [0.15, 0.2) is 6.29 Å². The summed E-state index contributed by atoms with van der Waals surface area (Å²) in [7, 11) is 1.87. The van der Waals surface area contributed by atoms with E-state index in [9.17, 15) is 13.6 Å². The van der Waals surface area contributed by atoms with E-state index >= 15 is 0 Å². The molecule has 4 heterocycles. The summed E-state index contributed by atoms with van der Waals surface area (Å²) in [6.45, 7) is 1.07. The number of aldehydes is 1. The Bertz CT molecular complexity index is 998. The SMILES string of the molecule is CN1CCC(F)(F)CC1.N#Cc1ccc(-n2ccc3cc(C=O)cnc32)nc1. The largest absolute Gasteiger partial charge is 0.306 e. The maximum Gasteiger partial charge on any atom is 0.250 e. The minimum atomic E-state index is -2.38. The zero-order valence-corrected chi connectivity index (χ0v) is 15.3. The Morgan fingerprint density at radius 2 is 1.93 bits per heavy atom. The smallest absolute Gasteiger partial charge is 0.250 e. The molecule has 0 bridgehead atoms. The third-order valence-corrected chi connectivity index (χ3v) is 4.53. The third kappa shape index (κ3) is 4.56. The van der Waals surface area contributed by atoms with Gasteiger partial charge >= 0.3 is 0 Å². The van der Waals surface area contributed by atoms with Crippen LogP contribution in [0.1, 0.15) is 28.8 Å². The zero-order chi connectivity index (χ0) is 20.1. The van der Waals surface area contributed by atoms with Crippen LogP contribution in [0.25, 0.3) is 16.9 Å². The van der Waals surface area contributed by atoms with Crippen LogP contribution in [0.2, 0.25) is 0 Å². The molecule has 3 aromatic heterocycles. The Hall–Kier alpha value is -3.18. The molecule has 144 valence electrons. The van der Waals surface area contributed by atoms with Crippen LogP contribution < -0.4 is 0 Å². The van der Waals surface area contributed by atoms with Crippen LogP contribution in [0.3, 0.4) is 0 Å². The van der Waals surface area contributed by atoms with E-state index in [-0.39, 0.29) is 12.8 Å². The summed E-state index contributed by atoms with van der Waals surface area (Å²) < 4.78 is 26.5. The monoisotopic (exact) mass is 383 g/mol. The second-order valence-corrected chi connectivity index (χ2v) is 6.66. The summed E-state index contributed by atoms with van der Waals surface area (Å²) >= 11 is 0. The van der Waals surface area contributed by atoms with Crippen molar-refractivity contribution in [1.82, 2.24) is 19.4 Å². The van der Waals surface area contributed by atoms with Crippen molar-refractivity contribution in [2.45, 2.75) is 18.8 Å². The fraction of sp³-hybridized carbons (Fsp3) is 0.300. The number of nitrogens with zero attached hydrogens (tertiary/aromatic N) is 5. The summed E-state index contributed by atoms with van der Waals surface area (Å²) in [6.07, 6.45) is 5.70. The molecule has 0 aromatic carbocycles. The Morgan fingerprint density at radius 3 is 2.50 bits per heavy atom. The van der Waals surface area contributed by atoms with Crippen molar-refractivity contribution < 1.29 is 13.6 Å². The number of rotatable bonds is 2. The predicted octanol–water partition coefficient (Wildman–Crippen LogP) is 3.45. The molecule has 1 aliphatic rings. The molecule has 0 amide bonds. The van der Waals surface area contributed by atoms with Gasteiger partial charge in [0.25, 0.3) is 5.92 Å². The lowest BCUT2D eigenvalue weighted by Gasteiger charge is -2.28. The van der Waals surface area contributed by atoms with E-state index in [2.05, 4.69) is 9.97 Å². The molecule has 1 fully saturated rings. The summed E-state index contributed by atoms with van der Waals surface area (Å²) in [5.74, 6) is -1.70. The van der Waals surface area contributed by atoms with E-state index in [1.165, 1.54) is 12.4 Å². The molecule has 0 saturated carbocycles. The molecule has 28 heavy (non-hydrogen) atoms. The first-order valence-electron chi connectivity index (χ1n) is 8.77. The number of hydrogen-bond acceptors (Lipinski definition) is 5. The predicted molar refractivity (Wildman–Crippen MR) is 101 cm³/mol. The number of hydrogen-bond donors (Lipinski definition) is 0. The Labute approximate surface area is 161 Å². The molecule has 8 heteroatoms. The number of halogens is 2. The van der Waals surface area contributed by atoms with Gasteiger partial charge in [0.2, 0.25) is 0 Å². The fourth-order valence-corrected chi connectivity index (χ4v) is 2.83. The lowest BCUT2D eigenvalue weighted by atomic mass is 10.1. The highest BCUT2D eigenvalue weighted by Gasteiger charge is 2.32. The van der Waals surface area contributed by atoms with Crippen LogP contribution >= 0.6 is 0 Å². The summed E-state index contributed by atoms with van der Waals surface area (Å²) in [6, 6.07) is 9.13. The molecular weight excluding hydrogens is 364 g/mol. The maximum absolute atomic E-state index is 12.4. The lowest BCUT2D eigenvalue weighted by molar-refractivity contribution is -0.0504. The van der Waals surface area contributed by atoms with Crippen molar-refractivity contribution in [3.05, 3.63) is 54.0 Å². The van der Waals surface area contributed by atoms with Gasteiger partial charge in [-0.3, -0.25) is 9.36 Å². The Balaban J connectivity index is 0.000000211. The summed E-state index contributed by atoms with van der Waals surface area (Å²) in [5.41, 5.74) is 1.78. The highest BCUT2D eigenvalue weighted by molar-refractivity contribution is 5.85. The highest BCUT2D eigenvalue weighted by atomic mass is 19.3. The van der Waals surface area contributed by atoms with Crippen molar-refractivity contribution in [1.29, 1.82) is 5.26 Å². The van der Waals surface area contributed by atoms with Crippen LogP contribution in [-0.4, -0.2) is 51.8 Å². The van der Waals surface area contributed by atoms with Gasteiger partial charge in [0, 0.05) is 55.5 Å². The Kier molecular flexibility index (Phi) is 5.76. The van der Waals surface area contributed by atoms with Crippen LogP contribution in [0.5, 0.6) is 0 Å². The van der Waals surface area contributed by atoms with E-state index < -0.39 is 5.92 Å². The molecule has 0 radical (unpaired) electrons. The van der Waals surface area contributed by atoms with Crippen molar-refractivity contribution in [3.63, 3.8) is 0 Å². The Morgan fingerprint density at radius 1 is 1.18 bits per heavy atom. The molecule has 3 aromatic rings. The van der Waals surface area contributed by atoms with Gasteiger partial charge in [-0.1, -0.05) is 0 Å². The number of aromatic nitrogens is 3. The molecule has 0 spiro atoms. The minimum Gasteiger partial charge on any atom is -0.306 e. The van der Waals surface area contributed by atoms with Crippen LogP contribution in [0.4, 0.5) is 8.78 Å². The van der Waals surface area contributed by atoms with Gasteiger partial charge in [-0.15, -0.1) is 0 Å². The third-order valence-electron chi connectivity index (χ3n) is 4.53. The molecule has 1 aliphatic heterocycles. The summed E-state index contributed by atoms with van der Waals surface area (Å²) in [4.78, 5) is 21.1. The van der Waals surface area contributed by atoms with E-state index in [4.69, 9.17) is 5.26 Å². The van der Waals surface area contributed by atoms with E-state index in [0.29, 0.717) is 30.0 Å². The fourth-order valence-electron chi connectivity index (χ4n) is 2.83.